The predicted molar refractivity (Wildman–Crippen MR) is 83.7 cm³/mol. The van der Waals surface area contributed by atoms with E-state index in [1.165, 1.54) is 11.3 Å². The van der Waals surface area contributed by atoms with Gasteiger partial charge in [-0.05, 0) is 44.0 Å². The molecule has 1 heterocycles. The molecule has 0 aromatic heterocycles. The zero-order valence-corrected chi connectivity index (χ0v) is 13.3. The molecular formula is C15H23BrN2O. The van der Waals surface area contributed by atoms with E-state index in [1.54, 1.807) is 0 Å². The molecule has 0 aliphatic carbocycles. The zero-order chi connectivity index (χ0) is 13.8. The molecule has 2 rings (SSSR count). The molecule has 1 aromatic rings. The molecule has 106 valence electrons. The minimum absolute atomic E-state index is 0.297. The molecule has 1 aliphatic rings. The summed E-state index contributed by atoms with van der Waals surface area (Å²) in [6.45, 7) is 6.82. The number of morpholine rings is 1. The molecule has 2 unspecified atom stereocenters. The van der Waals surface area contributed by atoms with E-state index in [2.05, 4.69) is 52.9 Å². The second kappa shape index (κ2) is 6.73. The van der Waals surface area contributed by atoms with E-state index >= 15 is 0 Å². The molecule has 3 nitrogen and oxygen atoms in total. The Labute approximate surface area is 124 Å². The Balaban J connectivity index is 2.21. The third kappa shape index (κ3) is 3.50. The summed E-state index contributed by atoms with van der Waals surface area (Å²) in [5.74, 6) is 0. The molecule has 1 aliphatic heterocycles. The van der Waals surface area contributed by atoms with Crippen LogP contribution < -0.4 is 10.6 Å². The van der Waals surface area contributed by atoms with Gasteiger partial charge in [-0.2, -0.15) is 0 Å². The highest BCUT2D eigenvalue weighted by Gasteiger charge is 2.25. The highest BCUT2D eigenvalue weighted by molar-refractivity contribution is 9.10. The smallest absolute Gasteiger partial charge is 0.0723 e. The molecule has 0 amide bonds. The number of nitrogens with zero attached hydrogens (tertiary/aromatic N) is 1. The van der Waals surface area contributed by atoms with Gasteiger partial charge in [0.2, 0.25) is 0 Å². The Bertz CT molecular complexity index is 425. The normalized spacial score (nSPS) is 23.7. The van der Waals surface area contributed by atoms with E-state index in [4.69, 9.17) is 10.5 Å². The second-order valence-corrected chi connectivity index (χ2v) is 6.03. The van der Waals surface area contributed by atoms with Crippen LogP contribution in [0.25, 0.3) is 0 Å². The summed E-state index contributed by atoms with van der Waals surface area (Å²) in [5, 5.41) is 0. The van der Waals surface area contributed by atoms with Crippen LogP contribution in [0.4, 0.5) is 5.69 Å². The summed E-state index contributed by atoms with van der Waals surface area (Å²) < 4.78 is 6.91. The van der Waals surface area contributed by atoms with E-state index in [9.17, 15) is 0 Å². The number of hydrogen-bond donors (Lipinski definition) is 1. The van der Waals surface area contributed by atoms with Crippen molar-refractivity contribution in [2.75, 3.05) is 24.6 Å². The Hall–Kier alpha value is -0.580. The molecule has 0 saturated carbocycles. The fourth-order valence-corrected chi connectivity index (χ4v) is 3.14. The number of benzene rings is 1. The van der Waals surface area contributed by atoms with Crippen molar-refractivity contribution >= 4 is 21.6 Å². The van der Waals surface area contributed by atoms with Gasteiger partial charge < -0.3 is 15.4 Å². The van der Waals surface area contributed by atoms with Crippen molar-refractivity contribution in [1.82, 2.24) is 0 Å². The van der Waals surface area contributed by atoms with Gasteiger partial charge in [0.05, 0.1) is 18.8 Å². The first-order chi connectivity index (χ1) is 9.15. The molecule has 19 heavy (non-hydrogen) atoms. The van der Waals surface area contributed by atoms with Gasteiger partial charge in [0, 0.05) is 16.7 Å². The molecular weight excluding hydrogens is 304 g/mol. The molecule has 1 saturated heterocycles. The SMILES string of the molecule is CCC1COC(C)CN1c1ccc(CCN)c(Br)c1. The molecule has 2 N–H and O–H groups in total. The topological polar surface area (TPSA) is 38.5 Å². The maximum absolute atomic E-state index is 5.76. The van der Waals surface area contributed by atoms with Gasteiger partial charge in [0.25, 0.3) is 0 Å². The van der Waals surface area contributed by atoms with Crippen LogP contribution in [0.15, 0.2) is 22.7 Å². The average molecular weight is 327 g/mol. The summed E-state index contributed by atoms with van der Waals surface area (Å²) in [4.78, 5) is 2.46. The Morgan fingerprint density at radius 1 is 1.47 bits per heavy atom. The predicted octanol–water partition coefficient (Wildman–Crippen LogP) is 2.95. The summed E-state index contributed by atoms with van der Waals surface area (Å²) >= 11 is 3.66. The molecule has 0 bridgehead atoms. The van der Waals surface area contributed by atoms with Gasteiger partial charge in [0.15, 0.2) is 0 Å². The van der Waals surface area contributed by atoms with Crippen LogP contribution in [-0.2, 0) is 11.2 Å². The number of rotatable bonds is 4. The molecule has 2 atom stereocenters. The first kappa shape index (κ1) is 14.8. The zero-order valence-electron chi connectivity index (χ0n) is 11.7. The van der Waals surface area contributed by atoms with Crippen LogP contribution in [0, 0.1) is 0 Å². The van der Waals surface area contributed by atoms with Crippen LogP contribution in [-0.4, -0.2) is 31.8 Å². The van der Waals surface area contributed by atoms with E-state index in [1.807, 2.05) is 0 Å². The Morgan fingerprint density at radius 2 is 2.26 bits per heavy atom. The number of anilines is 1. The lowest BCUT2D eigenvalue weighted by Gasteiger charge is -2.40. The third-order valence-corrected chi connectivity index (χ3v) is 4.46. The minimum Gasteiger partial charge on any atom is -0.375 e. The van der Waals surface area contributed by atoms with Crippen LogP contribution in [0.3, 0.4) is 0 Å². The third-order valence-electron chi connectivity index (χ3n) is 3.72. The van der Waals surface area contributed by atoms with Crippen LogP contribution in [0.1, 0.15) is 25.8 Å². The van der Waals surface area contributed by atoms with Crippen molar-refractivity contribution in [3.8, 4) is 0 Å². The van der Waals surface area contributed by atoms with Crippen molar-refractivity contribution < 1.29 is 4.74 Å². The van der Waals surface area contributed by atoms with Gasteiger partial charge in [0.1, 0.15) is 0 Å². The Morgan fingerprint density at radius 3 is 2.89 bits per heavy atom. The maximum Gasteiger partial charge on any atom is 0.0723 e. The van der Waals surface area contributed by atoms with E-state index in [-0.39, 0.29) is 0 Å². The quantitative estimate of drug-likeness (QED) is 0.924. The first-order valence-electron chi connectivity index (χ1n) is 7.02. The van der Waals surface area contributed by atoms with E-state index < -0.39 is 0 Å². The van der Waals surface area contributed by atoms with E-state index in [0.29, 0.717) is 18.7 Å². The van der Waals surface area contributed by atoms with Gasteiger partial charge in [-0.15, -0.1) is 0 Å². The lowest BCUT2D eigenvalue weighted by Crippen LogP contribution is -2.48. The number of hydrogen-bond acceptors (Lipinski definition) is 3. The average Bonchev–Trinajstić information content (AvgIpc) is 2.41. The monoisotopic (exact) mass is 326 g/mol. The molecule has 4 heteroatoms. The number of halogens is 1. The highest BCUT2D eigenvalue weighted by Crippen LogP contribution is 2.28. The molecule has 1 fully saturated rings. The fourth-order valence-electron chi connectivity index (χ4n) is 2.57. The lowest BCUT2D eigenvalue weighted by atomic mass is 10.1. The first-order valence-corrected chi connectivity index (χ1v) is 7.81. The van der Waals surface area contributed by atoms with Crippen LogP contribution >= 0.6 is 15.9 Å². The van der Waals surface area contributed by atoms with Gasteiger partial charge in [-0.3, -0.25) is 0 Å². The molecule has 0 radical (unpaired) electrons. The standard InChI is InChI=1S/C15H23BrN2O/c1-3-13-10-19-11(2)9-18(13)14-5-4-12(6-7-17)15(16)8-14/h4-5,8,11,13H,3,6-7,9-10,17H2,1-2H3. The minimum atomic E-state index is 0.297. The summed E-state index contributed by atoms with van der Waals surface area (Å²) in [6, 6.07) is 7.07. The molecule has 1 aromatic carbocycles. The fraction of sp³-hybridized carbons (Fsp3) is 0.600. The van der Waals surface area contributed by atoms with E-state index in [0.717, 1.165) is 30.5 Å². The maximum atomic E-state index is 5.76. The van der Waals surface area contributed by atoms with Crippen molar-refractivity contribution in [3.63, 3.8) is 0 Å². The number of nitrogens with two attached hydrogens (primary N) is 1. The second-order valence-electron chi connectivity index (χ2n) is 5.17. The largest absolute Gasteiger partial charge is 0.375 e. The van der Waals surface area contributed by atoms with Crippen LogP contribution in [0.2, 0.25) is 0 Å². The van der Waals surface area contributed by atoms with Gasteiger partial charge in [-0.1, -0.05) is 28.9 Å². The molecule has 0 spiro atoms. The van der Waals surface area contributed by atoms with Gasteiger partial charge in [-0.25, -0.2) is 0 Å². The van der Waals surface area contributed by atoms with Crippen LogP contribution in [0.5, 0.6) is 0 Å². The number of ether oxygens (including phenoxy) is 1. The van der Waals surface area contributed by atoms with Crippen molar-refractivity contribution in [1.29, 1.82) is 0 Å². The summed E-state index contributed by atoms with van der Waals surface area (Å²) in [7, 11) is 0. The van der Waals surface area contributed by atoms with Crippen molar-refractivity contribution in [3.05, 3.63) is 28.2 Å². The highest BCUT2D eigenvalue weighted by atomic mass is 79.9. The summed E-state index contributed by atoms with van der Waals surface area (Å²) in [6.07, 6.45) is 2.32. The van der Waals surface area contributed by atoms with Crippen molar-refractivity contribution in [2.24, 2.45) is 5.73 Å². The van der Waals surface area contributed by atoms with Crippen molar-refractivity contribution in [2.45, 2.75) is 38.8 Å². The van der Waals surface area contributed by atoms with Gasteiger partial charge >= 0.3 is 0 Å². The Kier molecular flexibility index (Phi) is 5.25. The lowest BCUT2D eigenvalue weighted by molar-refractivity contribution is 0.0299. The summed E-state index contributed by atoms with van der Waals surface area (Å²) in [5.41, 5.74) is 8.18.